The third kappa shape index (κ3) is 2.84. The van der Waals surface area contributed by atoms with E-state index >= 15 is 0 Å². The maximum atomic E-state index is 5.97. The second-order valence-electron chi connectivity index (χ2n) is 6.96. The number of hydrogen-bond donors (Lipinski definition) is 1. The topological polar surface area (TPSA) is 7.68 Å². The van der Waals surface area contributed by atoms with Crippen LogP contribution in [0.25, 0.3) is 0 Å². The first-order valence-electron chi connectivity index (χ1n) is 8.30. The Balaban J connectivity index is 1.30. The monoisotopic (exact) mass is 303 g/mol. The van der Waals surface area contributed by atoms with E-state index in [-0.39, 0.29) is 0 Å². The number of halogens is 1. The first-order valence-corrected chi connectivity index (χ1v) is 8.68. The summed E-state index contributed by atoms with van der Waals surface area (Å²) in [6, 6.07) is 8.29. The Morgan fingerprint density at radius 1 is 1.05 bits per heavy atom. The number of nitrogens with zero attached hydrogens (tertiary/aromatic N) is 1. The average Bonchev–Trinajstić information content (AvgIpc) is 3.12. The fraction of sp³-hybridized carbons (Fsp3) is 0.556. The molecule has 1 aromatic carbocycles. The van der Waals surface area contributed by atoms with Gasteiger partial charge >= 0.3 is 0 Å². The summed E-state index contributed by atoms with van der Waals surface area (Å²) >= 11 is 5.97. The van der Waals surface area contributed by atoms with E-state index in [0.29, 0.717) is 0 Å². The van der Waals surface area contributed by atoms with Gasteiger partial charge in [0.15, 0.2) is 0 Å². The van der Waals surface area contributed by atoms with E-state index in [9.17, 15) is 0 Å². The van der Waals surface area contributed by atoms with Crippen LogP contribution >= 0.6 is 11.6 Å². The van der Waals surface area contributed by atoms with Gasteiger partial charge in [0.2, 0.25) is 0 Å². The van der Waals surface area contributed by atoms with E-state index in [0.717, 1.165) is 22.8 Å². The molecular formula is C18H24ClN2+. The average molecular weight is 304 g/mol. The number of benzene rings is 1. The SMILES string of the molecule is Clc1ccc(N2CC[NH+](C[C@@H]3C[C@@H]4C=C[C@H]3C4)CC2)cc1. The molecule has 2 nitrogen and oxygen atoms in total. The van der Waals surface area contributed by atoms with Crippen LogP contribution in [0.3, 0.4) is 0 Å². The summed E-state index contributed by atoms with van der Waals surface area (Å²) in [4.78, 5) is 4.31. The van der Waals surface area contributed by atoms with Crippen LogP contribution in [0.4, 0.5) is 5.69 Å². The summed E-state index contributed by atoms with van der Waals surface area (Å²) in [5.74, 6) is 2.77. The van der Waals surface area contributed by atoms with Gasteiger partial charge in [0.05, 0.1) is 32.7 Å². The van der Waals surface area contributed by atoms with Crippen LogP contribution in [-0.2, 0) is 0 Å². The van der Waals surface area contributed by atoms with Crippen molar-refractivity contribution in [2.24, 2.45) is 17.8 Å². The maximum Gasteiger partial charge on any atom is 0.0949 e. The van der Waals surface area contributed by atoms with Crippen LogP contribution in [0.2, 0.25) is 5.02 Å². The largest absolute Gasteiger partial charge is 0.360 e. The minimum absolute atomic E-state index is 0.826. The van der Waals surface area contributed by atoms with Crippen LogP contribution in [0.15, 0.2) is 36.4 Å². The zero-order valence-corrected chi connectivity index (χ0v) is 13.2. The molecular weight excluding hydrogens is 280 g/mol. The highest BCUT2D eigenvalue weighted by Gasteiger charge is 2.38. The van der Waals surface area contributed by atoms with E-state index in [1.165, 1.54) is 51.3 Å². The summed E-state index contributed by atoms with van der Waals surface area (Å²) in [5, 5.41) is 0.826. The van der Waals surface area contributed by atoms with Crippen molar-refractivity contribution in [2.45, 2.75) is 12.8 Å². The molecule has 1 aliphatic heterocycles. The molecule has 21 heavy (non-hydrogen) atoms. The molecule has 0 radical (unpaired) electrons. The lowest BCUT2D eigenvalue weighted by molar-refractivity contribution is -0.904. The van der Waals surface area contributed by atoms with Crippen molar-refractivity contribution in [1.29, 1.82) is 0 Å². The van der Waals surface area contributed by atoms with Crippen LogP contribution in [0.5, 0.6) is 0 Å². The lowest BCUT2D eigenvalue weighted by Gasteiger charge is -2.35. The number of anilines is 1. The fourth-order valence-electron chi connectivity index (χ4n) is 4.44. The van der Waals surface area contributed by atoms with Gasteiger partial charge in [-0.15, -0.1) is 0 Å². The molecule has 1 N–H and O–H groups in total. The molecule has 4 rings (SSSR count). The van der Waals surface area contributed by atoms with Crippen molar-refractivity contribution >= 4 is 17.3 Å². The molecule has 1 saturated carbocycles. The van der Waals surface area contributed by atoms with E-state index in [2.05, 4.69) is 29.2 Å². The van der Waals surface area contributed by atoms with Gasteiger partial charge in [-0.05, 0) is 48.9 Å². The van der Waals surface area contributed by atoms with Gasteiger partial charge in [-0.25, -0.2) is 0 Å². The van der Waals surface area contributed by atoms with Gasteiger partial charge in [0, 0.05) is 16.6 Å². The second kappa shape index (κ2) is 5.66. The van der Waals surface area contributed by atoms with E-state index < -0.39 is 0 Å². The Hall–Kier alpha value is -0.990. The second-order valence-corrected chi connectivity index (χ2v) is 7.39. The molecule has 112 valence electrons. The highest BCUT2D eigenvalue weighted by atomic mass is 35.5. The molecule has 1 aromatic rings. The van der Waals surface area contributed by atoms with Gasteiger partial charge in [-0.3, -0.25) is 0 Å². The number of piperazine rings is 1. The van der Waals surface area contributed by atoms with Crippen molar-refractivity contribution in [1.82, 2.24) is 0 Å². The summed E-state index contributed by atoms with van der Waals surface area (Å²) in [6.45, 7) is 6.29. The highest BCUT2D eigenvalue weighted by Crippen LogP contribution is 2.42. The first kappa shape index (κ1) is 13.7. The predicted octanol–water partition coefficient (Wildman–Crippen LogP) is 2.26. The minimum Gasteiger partial charge on any atom is -0.360 e. The third-order valence-corrected chi connectivity index (χ3v) is 5.88. The number of fused-ring (bicyclic) bond motifs is 2. The van der Waals surface area contributed by atoms with Gasteiger partial charge in [0.1, 0.15) is 0 Å². The van der Waals surface area contributed by atoms with Crippen molar-refractivity contribution in [3.05, 3.63) is 41.4 Å². The van der Waals surface area contributed by atoms with Gasteiger partial charge in [-0.1, -0.05) is 23.8 Å². The molecule has 3 atom stereocenters. The first-order chi connectivity index (χ1) is 10.3. The van der Waals surface area contributed by atoms with E-state index in [1.54, 1.807) is 0 Å². The number of hydrogen-bond acceptors (Lipinski definition) is 1. The van der Waals surface area contributed by atoms with E-state index in [1.807, 2.05) is 17.0 Å². The zero-order chi connectivity index (χ0) is 14.2. The Bertz CT molecular complexity index is 517. The van der Waals surface area contributed by atoms with Crippen LogP contribution in [0.1, 0.15) is 12.8 Å². The Morgan fingerprint density at radius 2 is 1.81 bits per heavy atom. The standard InChI is InChI=1S/C18H23ClN2/c19-17-3-5-18(6-4-17)21-9-7-20(8-10-21)13-16-12-14-1-2-15(16)11-14/h1-6,14-16H,7-13H2/p+1/t14-,15+,16+/m1/s1. The Labute approximate surface area is 132 Å². The predicted molar refractivity (Wildman–Crippen MR) is 88.1 cm³/mol. The van der Waals surface area contributed by atoms with Gasteiger partial charge in [0.25, 0.3) is 0 Å². The molecule has 0 unspecified atom stereocenters. The molecule has 1 saturated heterocycles. The number of quaternary nitrogens is 1. The summed E-state index contributed by atoms with van der Waals surface area (Å²) in [5.41, 5.74) is 1.32. The normalized spacial score (nSPS) is 32.0. The highest BCUT2D eigenvalue weighted by molar-refractivity contribution is 6.30. The van der Waals surface area contributed by atoms with Crippen LogP contribution in [0, 0.1) is 17.8 Å². The molecule has 0 spiro atoms. The third-order valence-electron chi connectivity index (χ3n) is 5.63. The lowest BCUT2D eigenvalue weighted by atomic mass is 9.93. The number of rotatable bonds is 3. The van der Waals surface area contributed by atoms with Crippen molar-refractivity contribution in [3.63, 3.8) is 0 Å². The fourth-order valence-corrected chi connectivity index (χ4v) is 4.56. The molecule has 2 fully saturated rings. The Morgan fingerprint density at radius 3 is 2.43 bits per heavy atom. The maximum absolute atomic E-state index is 5.97. The molecule has 2 bridgehead atoms. The molecule has 3 heteroatoms. The molecule has 3 aliphatic rings. The smallest absolute Gasteiger partial charge is 0.0949 e. The van der Waals surface area contributed by atoms with Crippen molar-refractivity contribution in [3.8, 4) is 0 Å². The molecule has 0 aromatic heterocycles. The van der Waals surface area contributed by atoms with Crippen LogP contribution in [-0.4, -0.2) is 32.7 Å². The summed E-state index contributed by atoms with van der Waals surface area (Å²) in [6.07, 6.45) is 7.83. The van der Waals surface area contributed by atoms with Gasteiger partial charge < -0.3 is 9.80 Å². The number of allylic oxidation sites excluding steroid dienone is 2. The van der Waals surface area contributed by atoms with Crippen molar-refractivity contribution in [2.75, 3.05) is 37.6 Å². The summed E-state index contributed by atoms with van der Waals surface area (Å²) in [7, 11) is 0. The van der Waals surface area contributed by atoms with E-state index in [4.69, 9.17) is 11.6 Å². The minimum atomic E-state index is 0.826. The lowest BCUT2D eigenvalue weighted by Crippen LogP contribution is -3.15. The van der Waals surface area contributed by atoms with Crippen LogP contribution < -0.4 is 9.80 Å². The van der Waals surface area contributed by atoms with Gasteiger partial charge in [-0.2, -0.15) is 0 Å². The zero-order valence-electron chi connectivity index (χ0n) is 12.5. The molecule has 0 amide bonds. The molecule has 1 heterocycles. The number of nitrogens with one attached hydrogen (secondary N) is 1. The Kier molecular flexibility index (Phi) is 3.68. The summed E-state index contributed by atoms with van der Waals surface area (Å²) < 4.78 is 0. The molecule has 2 aliphatic carbocycles. The van der Waals surface area contributed by atoms with Crippen molar-refractivity contribution < 1.29 is 4.90 Å². The quantitative estimate of drug-likeness (QED) is 0.842.